The summed E-state index contributed by atoms with van der Waals surface area (Å²) in [4.78, 5) is 12.1. The molecule has 0 saturated heterocycles. The molecule has 0 N–H and O–H groups in total. The van der Waals surface area contributed by atoms with E-state index in [1.165, 1.54) is 11.0 Å². The lowest BCUT2D eigenvalue weighted by molar-refractivity contribution is 0.0734. The van der Waals surface area contributed by atoms with Crippen molar-refractivity contribution in [2.45, 2.75) is 0 Å². The predicted molar refractivity (Wildman–Crippen MR) is 70.6 cm³/mol. The topological polar surface area (TPSA) is 69.9 Å². The van der Waals surface area contributed by atoms with Crippen molar-refractivity contribution in [3.8, 4) is 11.4 Å². The van der Waals surface area contributed by atoms with Crippen LogP contribution in [0.3, 0.4) is 0 Å². The number of carbonyl (C=O) groups excluding carboxylic acids is 1. The van der Waals surface area contributed by atoms with Gasteiger partial charge in [-0.2, -0.15) is 0 Å². The first-order chi connectivity index (χ1) is 9.83. The molecule has 98 valence electrons. The molecule has 2 aromatic carbocycles. The number of esters is 1. The van der Waals surface area contributed by atoms with Crippen molar-refractivity contribution in [1.82, 2.24) is 20.2 Å². The SMILES string of the molecule is O=C(Oc1ccccc1)c1cccc(-n2cnnn2)c1. The first-order valence-electron chi connectivity index (χ1n) is 5.93. The number of para-hydroxylation sites is 1. The van der Waals surface area contributed by atoms with Crippen LogP contribution in [-0.4, -0.2) is 26.2 Å². The Kier molecular flexibility index (Phi) is 3.20. The molecule has 6 nitrogen and oxygen atoms in total. The zero-order chi connectivity index (χ0) is 13.8. The molecule has 3 rings (SSSR count). The normalized spacial score (nSPS) is 10.2. The van der Waals surface area contributed by atoms with E-state index in [4.69, 9.17) is 4.74 Å². The van der Waals surface area contributed by atoms with Crippen LogP contribution in [0.4, 0.5) is 0 Å². The van der Waals surface area contributed by atoms with Gasteiger partial charge in [0.05, 0.1) is 11.3 Å². The number of nitrogens with zero attached hydrogens (tertiary/aromatic N) is 4. The fourth-order valence-electron chi connectivity index (χ4n) is 1.71. The van der Waals surface area contributed by atoms with Crippen LogP contribution in [0.25, 0.3) is 5.69 Å². The summed E-state index contributed by atoms with van der Waals surface area (Å²) in [5.74, 6) is 0.0800. The average Bonchev–Trinajstić information content (AvgIpc) is 3.03. The van der Waals surface area contributed by atoms with Crippen LogP contribution in [0, 0.1) is 0 Å². The van der Waals surface area contributed by atoms with Crippen molar-refractivity contribution in [3.63, 3.8) is 0 Å². The van der Waals surface area contributed by atoms with Crippen molar-refractivity contribution in [1.29, 1.82) is 0 Å². The van der Waals surface area contributed by atoms with Gasteiger partial charge in [-0.3, -0.25) is 0 Å². The summed E-state index contributed by atoms with van der Waals surface area (Å²) in [7, 11) is 0. The van der Waals surface area contributed by atoms with Crippen molar-refractivity contribution in [2.75, 3.05) is 0 Å². The Balaban J connectivity index is 1.84. The summed E-state index contributed by atoms with van der Waals surface area (Å²) in [6, 6.07) is 15.8. The van der Waals surface area contributed by atoms with Gasteiger partial charge in [-0.25, -0.2) is 9.48 Å². The van der Waals surface area contributed by atoms with Crippen LogP contribution >= 0.6 is 0 Å². The molecule has 0 bridgehead atoms. The summed E-state index contributed by atoms with van der Waals surface area (Å²) in [6.45, 7) is 0. The molecule has 6 heteroatoms. The Labute approximate surface area is 114 Å². The van der Waals surface area contributed by atoms with E-state index in [0.29, 0.717) is 17.0 Å². The van der Waals surface area contributed by atoms with Crippen LogP contribution in [-0.2, 0) is 0 Å². The fourth-order valence-corrected chi connectivity index (χ4v) is 1.71. The van der Waals surface area contributed by atoms with Crippen LogP contribution in [0.1, 0.15) is 10.4 Å². The lowest BCUT2D eigenvalue weighted by atomic mass is 10.2. The van der Waals surface area contributed by atoms with Gasteiger partial charge in [0.2, 0.25) is 0 Å². The molecule has 0 saturated carbocycles. The van der Waals surface area contributed by atoms with Gasteiger partial charge in [0.25, 0.3) is 0 Å². The highest BCUT2D eigenvalue weighted by atomic mass is 16.5. The summed E-state index contributed by atoms with van der Waals surface area (Å²) in [6.07, 6.45) is 1.46. The van der Waals surface area contributed by atoms with E-state index >= 15 is 0 Å². The molecule has 0 aliphatic carbocycles. The largest absolute Gasteiger partial charge is 0.423 e. The molecule has 0 aliphatic rings. The Morgan fingerprint density at radius 3 is 2.65 bits per heavy atom. The summed E-state index contributed by atoms with van der Waals surface area (Å²) < 4.78 is 6.74. The van der Waals surface area contributed by atoms with Crippen molar-refractivity contribution in [2.24, 2.45) is 0 Å². The number of ether oxygens (including phenoxy) is 1. The van der Waals surface area contributed by atoms with E-state index in [1.807, 2.05) is 6.07 Å². The Bertz CT molecular complexity index is 711. The van der Waals surface area contributed by atoms with Gasteiger partial charge in [-0.1, -0.05) is 24.3 Å². The minimum Gasteiger partial charge on any atom is -0.423 e. The van der Waals surface area contributed by atoms with E-state index < -0.39 is 5.97 Å². The summed E-state index contributed by atoms with van der Waals surface area (Å²) in [5, 5.41) is 10.9. The minimum atomic E-state index is -0.425. The van der Waals surface area contributed by atoms with Crippen molar-refractivity contribution >= 4 is 5.97 Å². The maximum absolute atomic E-state index is 12.1. The molecule has 20 heavy (non-hydrogen) atoms. The molecular formula is C14H10N4O2. The fraction of sp³-hybridized carbons (Fsp3) is 0. The van der Waals surface area contributed by atoms with Crippen molar-refractivity contribution < 1.29 is 9.53 Å². The Morgan fingerprint density at radius 1 is 1.05 bits per heavy atom. The van der Waals surface area contributed by atoms with Crippen molar-refractivity contribution in [3.05, 3.63) is 66.5 Å². The number of benzene rings is 2. The lowest BCUT2D eigenvalue weighted by Gasteiger charge is -2.05. The third kappa shape index (κ3) is 2.54. The monoisotopic (exact) mass is 266 g/mol. The molecule has 0 amide bonds. The van der Waals surface area contributed by atoms with E-state index in [1.54, 1.807) is 48.5 Å². The third-order valence-electron chi connectivity index (χ3n) is 2.65. The molecule has 1 heterocycles. The van der Waals surface area contributed by atoms with Crippen LogP contribution in [0.15, 0.2) is 60.9 Å². The molecule has 0 spiro atoms. The van der Waals surface area contributed by atoms with Gasteiger partial charge < -0.3 is 4.74 Å². The first kappa shape index (κ1) is 12.0. The van der Waals surface area contributed by atoms with E-state index in [9.17, 15) is 4.79 Å². The number of aromatic nitrogens is 4. The predicted octanol–water partition coefficient (Wildman–Crippen LogP) is 1.88. The molecule has 0 aliphatic heterocycles. The van der Waals surface area contributed by atoms with E-state index in [-0.39, 0.29) is 0 Å². The Hall–Kier alpha value is -3.02. The number of tetrazole rings is 1. The highest BCUT2D eigenvalue weighted by Crippen LogP contribution is 2.14. The van der Waals surface area contributed by atoms with Gasteiger partial charge >= 0.3 is 5.97 Å². The average molecular weight is 266 g/mol. The maximum atomic E-state index is 12.1. The highest BCUT2D eigenvalue weighted by Gasteiger charge is 2.10. The molecular weight excluding hydrogens is 256 g/mol. The smallest absolute Gasteiger partial charge is 0.343 e. The summed E-state index contributed by atoms with van der Waals surface area (Å²) >= 11 is 0. The molecule has 3 aromatic rings. The van der Waals surface area contributed by atoms with Gasteiger partial charge in [-0.15, -0.1) is 5.10 Å². The second-order valence-electron chi connectivity index (χ2n) is 4.01. The molecule has 0 atom stereocenters. The zero-order valence-corrected chi connectivity index (χ0v) is 10.4. The van der Waals surface area contributed by atoms with Gasteiger partial charge in [-0.05, 0) is 40.8 Å². The van der Waals surface area contributed by atoms with Gasteiger partial charge in [0, 0.05) is 0 Å². The zero-order valence-electron chi connectivity index (χ0n) is 10.4. The molecule has 0 fully saturated rings. The van der Waals surface area contributed by atoms with Gasteiger partial charge in [0.1, 0.15) is 12.1 Å². The lowest BCUT2D eigenvalue weighted by Crippen LogP contribution is -2.09. The minimum absolute atomic E-state index is 0.425. The second kappa shape index (κ2) is 5.31. The standard InChI is InChI=1S/C14H10N4O2/c19-14(20-13-7-2-1-3-8-13)11-5-4-6-12(9-11)18-10-15-16-17-18/h1-10H. The third-order valence-corrected chi connectivity index (χ3v) is 2.65. The quantitative estimate of drug-likeness (QED) is 0.534. The van der Waals surface area contributed by atoms with E-state index in [0.717, 1.165) is 0 Å². The number of hydrogen-bond donors (Lipinski definition) is 0. The maximum Gasteiger partial charge on any atom is 0.343 e. The second-order valence-corrected chi connectivity index (χ2v) is 4.01. The Morgan fingerprint density at radius 2 is 1.90 bits per heavy atom. The van der Waals surface area contributed by atoms with Crippen LogP contribution in [0.5, 0.6) is 5.75 Å². The first-order valence-corrected chi connectivity index (χ1v) is 5.93. The van der Waals surface area contributed by atoms with Crippen LogP contribution < -0.4 is 4.74 Å². The summed E-state index contributed by atoms with van der Waals surface area (Å²) in [5.41, 5.74) is 1.12. The number of hydrogen-bond acceptors (Lipinski definition) is 5. The highest BCUT2D eigenvalue weighted by molar-refractivity contribution is 5.91. The number of carbonyl (C=O) groups is 1. The van der Waals surface area contributed by atoms with E-state index in [2.05, 4.69) is 15.5 Å². The van der Waals surface area contributed by atoms with Gasteiger partial charge in [0.15, 0.2) is 0 Å². The van der Waals surface area contributed by atoms with Crippen LogP contribution in [0.2, 0.25) is 0 Å². The molecule has 0 unspecified atom stereocenters. The number of rotatable bonds is 3. The molecule has 1 aromatic heterocycles. The molecule has 0 radical (unpaired) electrons.